The van der Waals surface area contributed by atoms with Crippen LogP contribution >= 0.6 is 0 Å². The molecule has 0 unspecified atom stereocenters. The van der Waals surface area contributed by atoms with E-state index in [0.29, 0.717) is 11.8 Å². The third-order valence-corrected chi connectivity index (χ3v) is 4.30. The Bertz CT molecular complexity index is 837. The van der Waals surface area contributed by atoms with E-state index in [9.17, 15) is 22.8 Å². The summed E-state index contributed by atoms with van der Waals surface area (Å²) in [7, 11) is 0. The summed E-state index contributed by atoms with van der Waals surface area (Å²) >= 11 is 0. The second-order valence-corrected chi connectivity index (χ2v) is 6.00. The maximum Gasteiger partial charge on any atom is 0.417 e. The Labute approximate surface area is 136 Å². The van der Waals surface area contributed by atoms with Crippen LogP contribution in [0.3, 0.4) is 0 Å². The molecule has 3 rings (SSSR count). The fourth-order valence-corrected chi connectivity index (χ4v) is 2.98. The maximum absolute atomic E-state index is 12.7. The summed E-state index contributed by atoms with van der Waals surface area (Å²) in [6, 6.07) is 6.95. The summed E-state index contributed by atoms with van der Waals surface area (Å²) in [5, 5.41) is 0. The molecule has 0 spiro atoms. The molecule has 0 amide bonds. The number of ketones is 1. The SMILES string of the molecule is O=C(Cn1cc(C(F)(F)F)ccc1=O)c1ccc2c(c1)CCCC2. The smallest absolute Gasteiger partial charge is 0.307 e. The molecule has 0 bridgehead atoms. The zero-order valence-electron chi connectivity index (χ0n) is 12.9. The van der Waals surface area contributed by atoms with E-state index in [1.54, 1.807) is 12.1 Å². The first kappa shape index (κ1) is 16.5. The molecule has 0 radical (unpaired) electrons. The average Bonchev–Trinajstić information content (AvgIpc) is 2.55. The number of hydrogen-bond donors (Lipinski definition) is 0. The molecular formula is C18H16F3NO2. The normalized spacial score (nSPS) is 14.3. The number of aryl methyl sites for hydroxylation is 2. The van der Waals surface area contributed by atoms with Crippen molar-refractivity contribution in [2.24, 2.45) is 0 Å². The Morgan fingerprint density at radius 2 is 1.75 bits per heavy atom. The molecule has 0 fully saturated rings. The Balaban J connectivity index is 1.86. The zero-order chi connectivity index (χ0) is 17.3. The highest BCUT2D eigenvalue weighted by Crippen LogP contribution is 2.28. The van der Waals surface area contributed by atoms with Crippen LogP contribution in [0.25, 0.3) is 0 Å². The lowest BCUT2D eigenvalue weighted by atomic mass is 9.90. The molecule has 24 heavy (non-hydrogen) atoms. The molecular weight excluding hydrogens is 319 g/mol. The number of alkyl halides is 3. The van der Waals surface area contributed by atoms with Gasteiger partial charge >= 0.3 is 6.18 Å². The van der Waals surface area contributed by atoms with Crippen molar-refractivity contribution in [3.05, 3.63) is 69.1 Å². The van der Waals surface area contributed by atoms with E-state index in [2.05, 4.69) is 0 Å². The average molecular weight is 335 g/mol. The van der Waals surface area contributed by atoms with Crippen LogP contribution < -0.4 is 5.56 Å². The quantitative estimate of drug-likeness (QED) is 0.804. The van der Waals surface area contributed by atoms with Gasteiger partial charge in [-0.15, -0.1) is 0 Å². The number of fused-ring (bicyclic) bond motifs is 1. The lowest BCUT2D eigenvalue weighted by molar-refractivity contribution is -0.138. The first-order chi connectivity index (χ1) is 11.3. The zero-order valence-corrected chi connectivity index (χ0v) is 12.9. The topological polar surface area (TPSA) is 39.1 Å². The van der Waals surface area contributed by atoms with E-state index < -0.39 is 23.8 Å². The van der Waals surface area contributed by atoms with Gasteiger partial charge in [-0.2, -0.15) is 13.2 Å². The Hall–Kier alpha value is -2.37. The molecule has 0 atom stereocenters. The van der Waals surface area contributed by atoms with Gasteiger partial charge in [-0.3, -0.25) is 9.59 Å². The van der Waals surface area contributed by atoms with Crippen molar-refractivity contribution in [2.75, 3.05) is 0 Å². The van der Waals surface area contributed by atoms with Crippen molar-refractivity contribution in [3.63, 3.8) is 0 Å². The van der Waals surface area contributed by atoms with Gasteiger partial charge in [0.05, 0.1) is 12.1 Å². The highest BCUT2D eigenvalue weighted by atomic mass is 19.4. The number of rotatable bonds is 3. The predicted octanol–water partition coefficient (Wildman–Crippen LogP) is 3.63. The first-order valence-corrected chi connectivity index (χ1v) is 7.77. The number of Topliss-reactive ketones (excluding diaryl/α,β-unsaturated/α-hetero) is 1. The van der Waals surface area contributed by atoms with E-state index in [1.807, 2.05) is 6.07 Å². The van der Waals surface area contributed by atoms with Gasteiger partial charge in [0.2, 0.25) is 0 Å². The minimum Gasteiger partial charge on any atom is -0.307 e. The van der Waals surface area contributed by atoms with Crippen LogP contribution in [0.1, 0.15) is 39.9 Å². The van der Waals surface area contributed by atoms with Gasteiger partial charge in [0.15, 0.2) is 5.78 Å². The number of hydrogen-bond acceptors (Lipinski definition) is 2. The third-order valence-electron chi connectivity index (χ3n) is 4.30. The molecule has 3 nitrogen and oxygen atoms in total. The monoisotopic (exact) mass is 335 g/mol. The van der Waals surface area contributed by atoms with Gasteiger partial charge < -0.3 is 4.57 Å². The summed E-state index contributed by atoms with van der Waals surface area (Å²) in [6.45, 7) is -0.401. The Morgan fingerprint density at radius 3 is 2.46 bits per heavy atom. The lowest BCUT2D eigenvalue weighted by Crippen LogP contribution is -2.25. The molecule has 0 saturated carbocycles. The molecule has 2 aromatic rings. The maximum atomic E-state index is 12.7. The molecule has 126 valence electrons. The van der Waals surface area contributed by atoms with Crippen LogP contribution in [0, 0.1) is 0 Å². The minimum atomic E-state index is -4.55. The number of nitrogens with zero attached hydrogens (tertiary/aromatic N) is 1. The third kappa shape index (κ3) is 3.42. The molecule has 6 heteroatoms. The molecule has 1 aliphatic carbocycles. The van der Waals surface area contributed by atoms with Crippen molar-refractivity contribution in [1.82, 2.24) is 4.57 Å². The van der Waals surface area contributed by atoms with Gasteiger partial charge in [0.1, 0.15) is 0 Å². The minimum absolute atomic E-state index is 0.371. The van der Waals surface area contributed by atoms with Crippen molar-refractivity contribution in [1.29, 1.82) is 0 Å². The summed E-state index contributed by atoms with van der Waals surface area (Å²) in [5.74, 6) is -0.371. The molecule has 1 aliphatic rings. The molecule has 1 heterocycles. The van der Waals surface area contributed by atoms with Crippen LogP contribution in [0.2, 0.25) is 0 Å². The van der Waals surface area contributed by atoms with Crippen LogP contribution in [0.5, 0.6) is 0 Å². The van der Waals surface area contributed by atoms with Crippen molar-refractivity contribution in [3.8, 4) is 0 Å². The van der Waals surface area contributed by atoms with E-state index >= 15 is 0 Å². The lowest BCUT2D eigenvalue weighted by Gasteiger charge is -2.16. The fourth-order valence-electron chi connectivity index (χ4n) is 2.98. The van der Waals surface area contributed by atoms with E-state index in [-0.39, 0.29) is 5.78 Å². The van der Waals surface area contributed by atoms with E-state index in [4.69, 9.17) is 0 Å². The summed E-state index contributed by atoms with van der Waals surface area (Å²) in [4.78, 5) is 24.1. The number of carbonyl (C=O) groups excluding carboxylic acids is 1. The predicted molar refractivity (Wildman–Crippen MR) is 83.1 cm³/mol. The standard InChI is InChI=1S/C18H16F3NO2/c19-18(20,21)15-7-8-17(24)22(10-15)11-16(23)14-6-5-12-3-1-2-4-13(12)9-14/h5-10H,1-4,11H2. The largest absolute Gasteiger partial charge is 0.417 e. The number of carbonyl (C=O) groups is 1. The van der Waals surface area contributed by atoms with Gasteiger partial charge in [0, 0.05) is 17.8 Å². The molecule has 0 aliphatic heterocycles. The van der Waals surface area contributed by atoms with Crippen molar-refractivity contribution < 1.29 is 18.0 Å². The summed E-state index contributed by atoms with van der Waals surface area (Å²) in [6.07, 6.45) is 0.220. The molecule has 0 N–H and O–H groups in total. The second-order valence-electron chi connectivity index (χ2n) is 6.00. The van der Waals surface area contributed by atoms with Gasteiger partial charge in [0.25, 0.3) is 5.56 Å². The van der Waals surface area contributed by atoms with Crippen molar-refractivity contribution >= 4 is 5.78 Å². The van der Waals surface area contributed by atoms with Crippen LogP contribution in [-0.4, -0.2) is 10.4 Å². The second kappa shape index (κ2) is 6.26. The highest BCUT2D eigenvalue weighted by molar-refractivity contribution is 5.96. The molecule has 1 aromatic carbocycles. The van der Waals surface area contributed by atoms with Gasteiger partial charge in [-0.25, -0.2) is 0 Å². The number of benzene rings is 1. The summed E-state index contributed by atoms with van der Waals surface area (Å²) in [5.41, 5.74) is 1.19. The van der Waals surface area contributed by atoms with Crippen LogP contribution in [0.15, 0.2) is 41.3 Å². The number of aromatic nitrogens is 1. The number of halogens is 3. The molecule has 0 saturated heterocycles. The Morgan fingerprint density at radius 1 is 1.04 bits per heavy atom. The van der Waals surface area contributed by atoms with Crippen molar-refractivity contribution in [2.45, 2.75) is 38.4 Å². The summed E-state index contributed by atoms with van der Waals surface area (Å²) < 4.78 is 39.1. The molecule has 1 aromatic heterocycles. The van der Waals surface area contributed by atoms with E-state index in [1.165, 1.54) is 5.56 Å². The van der Waals surface area contributed by atoms with Crippen LogP contribution in [0.4, 0.5) is 13.2 Å². The van der Waals surface area contributed by atoms with E-state index in [0.717, 1.165) is 47.9 Å². The number of pyridine rings is 1. The van der Waals surface area contributed by atoms with Crippen LogP contribution in [-0.2, 0) is 25.6 Å². The Kier molecular flexibility index (Phi) is 4.30. The fraction of sp³-hybridized carbons (Fsp3) is 0.333. The van der Waals surface area contributed by atoms with Gasteiger partial charge in [-0.1, -0.05) is 12.1 Å². The first-order valence-electron chi connectivity index (χ1n) is 7.77. The van der Waals surface area contributed by atoms with Gasteiger partial charge in [-0.05, 0) is 48.9 Å². The highest BCUT2D eigenvalue weighted by Gasteiger charge is 2.31.